The molecular formula is C112H181NO22S. The van der Waals surface area contributed by atoms with E-state index in [1.165, 1.54) is 19.3 Å². The first-order valence-corrected chi connectivity index (χ1v) is 53.9. The highest BCUT2D eigenvalue weighted by molar-refractivity contribution is 7.79. The molecule has 0 aromatic carbocycles. The average molecular weight is 1930 g/mol. The number of aliphatic hydroxyl groups excluding tert-OH is 4. The van der Waals surface area contributed by atoms with E-state index in [9.17, 15) is 63.7 Å². The first kappa shape index (κ1) is 111. The number of nitrogens with zero attached hydrogens (tertiary/aromatic N) is 1. The predicted octanol–water partition coefficient (Wildman–Crippen LogP) is 19.8. The summed E-state index contributed by atoms with van der Waals surface area (Å²) in [5.74, 6) is 10.1. The van der Waals surface area contributed by atoms with Crippen molar-refractivity contribution in [2.45, 2.75) is 465 Å². The molecule has 20 aliphatic carbocycles. The van der Waals surface area contributed by atoms with Gasteiger partial charge in [0.15, 0.2) is 0 Å². The number of rotatable bonds is 6. The molecule has 0 spiro atoms. The van der Waals surface area contributed by atoms with E-state index in [-0.39, 0.29) is 157 Å². The number of aliphatic hydroxyl groups is 4. The maximum Gasteiger partial charge on any atom is 0.394 e. The Morgan fingerprint density at radius 1 is 0.353 bits per heavy atom. The number of carbonyl (C=O) groups is 9. The molecule has 23 nitrogen and oxygen atoms in total. The number of Topliss-reactive ketones (excluding diaryl/α,β-unsaturated/α-hetero) is 9. The maximum absolute atomic E-state index is 13.5. The topological polar surface area (TPSA) is 386 Å². The Labute approximate surface area is 816 Å². The second kappa shape index (κ2) is 40.1. The fraction of sp³-hybridized carbons (Fsp3) is 0.911. The van der Waals surface area contributed by atoms with Crippen molar-refractivity contribution in [1.29, 1.82) is 5.26 Å². The molecule has 22 rings (SSSR count). The zero-order chi connectivity index (χ0) is 95.9. The van der Waals surface area contributed by atoms with Crippen LogP contribution in [0.4, 0.5) is 0 Å². The third-order valence-corrected chi connectivity index (χ3v) is 42.6. The second-order valence-electron chi connectivity index (χ2n) is 51.0. The van der Waals surface area contributed by atoms with Gasteiger partial charge in [0.25, 0.3) is 0 Å². The number of hydrogen-bond acceptors (Lipinski definition) is 21. The lowest BCUT2D eigenvalue weighted by atomic mass is 9.44. The summed E-state index contributed by atoms with van der Waals surface area (Å²) in [7, 11) is -4.67. The molecule has 22 fully saturated rings. The van der Waals surface area contributed by atoms with Crippen LogP contribution in [0.25, 0.3) is 0 Å². The van der Waals surface area contributed by atoms with Crippen molar-refractivity contribution in [3.8, 4) is 6.07 Å². The van der Waals surface area contributed by atoms with Crippen molar-refractivity contribution >= 4 is 62.4 Å². The molecule has 2 aliphatic heterocycles. The van der Waals surface area contributed by atoms with Gasteiger partial charge in [-0.2, -0.15) is 13.7 Å². The minimum Gasteiger partial charge on any atom is -0.394 e. The predicted molar refractivity (Wildman–Crippen MR) is 520 cm³/mol. The fourth-order valence-electron chi connectivity index (χ4n) is 36.8. The van der Waals surface area contributed by atoms with Gasteiger partial charge >= 0.3 is 10.4 Å². The molecule has 24 heteroatoms. The number of epoxide rings is 2. The Hall–Kier alpha value is -3.97. The highest BCUT2D eigenvalue weighted by atomic mass is 32.3. The number of ketones is 9. The summed E-state index contributed by atoms with van der Waals surface area (Å²) in [6, 6.07) is 2.51. The molecule has 0 aromatic rings. The Morgan fingerprint density at radius 3 is 1.04 bits per heavy atom. The molecule has 2 heterocycles. The molecule has 0 aromatic heterocycles. The lowest BCUT2D eigenvalue weighted by Gasteiger charge is -2.60. The zero-order valence-electron chi connectivity index (χ0n) is 83.0. The van der Waals surface area contributed by atoms with Crippen LogP contribution in [0.15, 0.2) is 0 Å². The van der Waals surface area contributed by atoms with Gasteiger partial charge in [0, 0.05) is 115 Å². The summed E-state index contributed by atoms with van der Waals surface area (Å²) >= 11 is 0. The largest absolute Gasteiger partial charge is 0.394 e. The molecule has 20 saturated carbocycles. The van der Waals surface area contributed by atoms with E-state index in [0.717, 1.165) is 141 Å². The van der Waals surface area contributed by atoms with E-state index in [1.54, 1.807) is 13.8 Å². The van der Waals surface area contributed by atoms with Crippen LogP contribution in [-0.2, 0) is 77.2 Å². The number of nitriles is 1. The SMILES string of the molecule is C.C.C.C.CC(C)O.CC(C)O[C@H]1C[C@@]2(C)[C@@H](CC[C@@H]3[C@@H]2C(=O)C[C@]2(C)C(=O)CC[C@@H]32)C[C@@H]1O.CC(C)O[C@H]1C[C@@]2(C)[C@@H](CC[C@H]3[C@@H]4CC[C@H](C#N)[C@@]4(C)CC(=O)[C@@H]32)C[C@@H]1O.CC(C)O[C@H]1[C@H](O)CC[C@@]2(C)[C@H]1CC[C@@H]1[C@@H]2C(=O)C[C@]2(C)C(=O)CC[C@@H]12.C[C@]12CC[C@H]3O[C@H]3[C@@H]1CC[C@@H]1[C@@H]2C(=O)C[C@]2(C)C(=O)CC[C@@H]12.C[C@]12C[C@H]3O[C@H]3C[C@@H]1CC[C@@H]1[C@@H]2C(=O)C[C@]2(C)C(=O)CC[C@@H]12.O=S(=O)(O)O. The smallest absolute Gasteiger partial charge is 0.394 e. The van der Waals surface area contributed by atoms with Gasteiger partial charge in [-0.1, -0.05) is 98.9 Å². The first-order chi connectivity index (χ1) is 61.7. The zero-order valence-corrected chi connectivity index (χ0v) is 83.8. The molecule has 0 bridgehead atoms. The summed E-state index contributed by atoms with van der Waals surface area (Å²) in [5.41, 5.74) is -1.66. The Balaban J connectivity index is 0.000000148. The Kier molecular flexibility index (Phi) is 32.7. The van der Waals surface area contributed by atoms with Crippen molar-refractivity contribution in [1.82, 2.24) is 0 Å². The van der Waals surface area contributed by atoms with Crippen LogP contribution in [0, 0.1) is 190 Å². The molecule has 136 heavy (non-hydrogen) atoms. The summed E-state index contributed by atoms with van der Waals surface area (Å²) in [6.07, 6.45) is 31.4. The van der Waals surface area contributed by atoms with Crippen molar-refractivity contribution in [3.05, 3.63) is 0 Å². The van der Waals surface area contributed by atoms with Gasteiger partial charge in [-0.05, 0) is 344 Å². The van der Waals surface area contributed by atoms with Gasteiger partial charge in [0.2, 0.25) is 0 Å². The third kappa shape index (κ3) is 19.2. The lowest BCUT2D eigenvalue weighted by molar-refractivity contribution is -0.197. The number of carbonyl (C=O) groups excluding carboxylic acids is 9. The summed E-state index contributed by atoms with van der Waals surface area (Å²) in [4.78, 5) is 116. The normalized spacial score (nSPS) is 49.8. The molecule has 2 saturated heterocycles. The number of fused-ring (bicyclic) bond motifs is 28. The van der Waals surface area contributed by atoms with E-state index in [4.69, 9.17) is 46.3 Å². The Morgan fingerprint density at radius 2 is 0.669 bits per heavy atom. The van der Waals surface area contributed by atoms with Gasteiger partial charge in [-0.25, -0.2) is 0 Å². The molecule has 41 atom stereocenters. The molecule has 772 valence electrons. The molecule has 22 aliphatic rings. The van der Waals surface area contributed by atoms with Crippen molar-refractivity contribution in [2.75, 3.05) is 0 Å². The number of ether oxygens (including phenoxy) is 5. The quantitative estimate of drug-likeness (QED) is 0.106. The summed E-state index contributed by atoms with van der Waals surface area (Å²) < 4.78 is 61.5. The second-order valence-corrected chi connectivity index (χ2v) is 51.9. The highest BCUT2D eigenvalue weighted by Gasteiger charge is 2.73. The van der Waals surface area contributed by atoms with Crippen LogP contribution >= 0.6 is 0 Å². The van der Waals surface area contributed by atoms with Gasteiger partial charge in [0.1, 0.15) is 52.0 Å². The molecule has 0 unspecified atom stereocenters. The molecular weight excluding hydrogens is 1740 g/mol. The average Bonchev–Trinajstić information content (AvgIpc) is 1.60. The van der Waals surface area contributed by atoms with E-state index in [2.05, 4.69) is 61.5 Å². The van der Waals surface area contributed by atoms with Crippen molar-refractivity contribution < 1.29 is 105 Å². The summed E-state index contributed by atoms with van der Waals surface area (Å²) in [5, 5.41) is 49.5. The third-order valence-electron chi connectivity index (χ3n) is 42.6. The van der Waals surface area contributed by atoms with Gasteiger partial charge in [-0.15, -0.1) is 0 Å². The van der Waals surface area contributed by atoms with E-state index >= 15 is 0 Å². The van der Waals surface area contributed by atoms with E-state index in [0.29, 0.717) is 224 Å². The van der Waals surface area contributed by atoms with Crippen LogP contribution in [-0.4, -0.2) is 175 Å². The van der Waals surface area contributed by atoms with Crippen LogP contribution in [0.5, 0.6) is 0 Å². The van der Waals surface area contributed by atoms with Gasteiger partial charge < -0.3 is 44.1 Å². The van der Waals surface area contributed by atoms with Crippen LogP contribution < -0.4 is 0 Å². The molecule has 6 N–H and O–H groups in total. The van der Waals surface area contributed by atoms with Crippen LogP contribution in [0.2, 0.25) is 0 Å². The van der Waals surface area contributed by atoms with Crippen molar-refractivity contribution in [2.24, 2.45) is 178 Å². The van der Waals surface area contributed by atoms with Crippen molar-refractivity contribution in [3.63, 3.8) is 0 Å². The van der Waals surface area contributed by atoms with E-state index in [1.807, 2.05) is 55.4 Å². The van der Waals surface area contributed by atoms with E-state index < -0.39 is 39.5 Å². The molecule has 0 amide bonds. The highest BCUT2D eigenvalue weighted by Crippen LogP contribution is 2.73. The minimum atomic E-state index is -4.67. The molecule has 0 radical (unpaired) electrons. The monoisotopic (exact) mass is 1920 g/mol. The van der Waals surface area contributed by atoms with Crippen LogP contribution in [0.1, 0.15) is 379 Å². The van der Waals surface area contributed by atoms with Gasteiger partial charge in [-0.3, -0.25) is 52.3 Å². The first-order valence-electron chi connectivity index (χ1n) is 52.5. The Bertz CT molecular complexity index is 4450. The number of hydrogen-bond donors (Lipinski definition) is 6. The summed E-state index contributed by atoms with van der Waals surface area (Å²) in [6.45, 7) is 37.6. The fourth-order valence-corrected chi connectivity index (χ4v) is 36.8. The van der Waals surface area contributed by atoms with Gasteiger partial charge in [0.05, 0.1) is 91.3 Å². The minimum absolute atomic E-state index is 0. The van der Waals surface area contributed by atoms with Crippen LogP contribution in [0.3, 0.4) is 0 Å². The lowest BCUT2D eigenvalue weighted by Crippen LogP contribution is -2.61. The maximum atomic E-state index is 13.5. The standard InChI is InChI=1S/C23H35NO3.2C22H34O4.2C19H26O3.C3H8O.4CH4.H2O4S/c1-13(2)27-20-11-23(4)14(9-18(20)25)5-7-16-17-8-6-15(12-24)22(17,3)10-19(26)21(16)23;1-12(2)26-18-11-21(3)13(9-16(18)23)5-6-14-15-7-8-19(25)22(15,4)10-17(24)20(14)21;1-12(2)26-20-15-6-5-13-14-7-8-18(25)22(14,4)11-17(24)19(13)21(15,3)10-9-16(20)23;1-18-9-15-14(22-15)7-10(18)3-4-11-12-5-6-16(21)19(12,2)8-13(20)17(11)18;1-18-8-7-14-17(22-14)12(18)4-3-10-11-5-6-15(21)19(11,2)9-13(20)16(10)18;1-3(2)4;;;;;1-5(2,3)4/h13-18,20-21,25H,5-11H2,1-4H3;12-16,18,20,23H,5-11H2,1-4H3;12-16,19-20,23H,5-11H2,1-4H3;10-12,14-15,17H,3-9H2,1-2H3;10-12,14,16-17H,3-9H2,1-2H3;3-4H,1-2H3;4*1H4;(H2,1,2,3,4)/t14-,15+,16-,17-,18-,20-,21+,22+,23-;13-,14-,15-,16-,18-,20+,21-,22-;13-,14-,15-,16+,19+,20+,21-,22-;10-,11-,12-,14-,15+,17+,18-,19-;10-,11-,12-,14+,16+,17-,18-,19-;;;;;;/m00000....../s1.